The Morgan fingerprint density at radius 2 is 1.81 bits per heavy atom. The van der Waals surface area contributed by atoms with Crippen LogP contribution in [-0.2, 0) is 14.3 Å². The first-order chi connectivity index (χ1) is 7.12. The van der Waals surface area contributed by atoms with Crippen LogP contribution in [0, 0.1) is 0 Å². The van der Waals surface area contributed by atoms with Crippen LogP contribution in [0.15, 0.2) is 0 Å². The molecule has 0 spiro atoms. The first-order valence-electron chi connectivity index (χ1n) is 3.89. The summed E-state index contributed by atoms with van der Waals surface area (Å²) < 4.78 is 67.8. The molecule has 9 heteroatoms. The van der Waals surface area contributed by atoms with E-state index in [1.165, 1.54) is 0 Å². The summed E-state index contributed by atoms with van der Waals surface area (Å²) in [5, 5.41) is 8.37. The molecule has 0 aliphatic rings. The molecule has 0 aliphatic carbocycles. The zero-order chi connectivity index (χ0) is 13.0. The van der Waals surface area contributed by atoms with E-state index in [2.05, 4.69) is 9.47 Å². The summed E-state index contributed by atoms with van der Waals surface area (Å²) in [4.78, 5) is 10.3. The van der Waals surface area contributed by atoms with E-state index in [4.69, 9.17) is 5.11 Å². The highest BCUT2D eigenvalue weighted by Crippen LogP contribution is 2.35. The maximum atomic E-state index is 12.3. The highest BCUT2D eigenvalue weighted by molar-refractivity contribution is 5.72. The van der Waals surface area contributed by atoms with Gasteiger partial charge in [0, 0.05) is 7.11 Å². The molecule has 0 aliphatic heterocycles. The fourth-order valence-electron chi connectivity index (χ4n) is 0.629. The number of hydrogen-bond donors (Lipinski definition) is 1. The lowest BCUT2D eigenvalue weighted by Crippen LogP contribution is -2.43. The van der Waals surface area contributed by atoms with E-state index in [1.807, 2.05) is 0 Å². The summed E-state index contributed by atoms with van der Waals surface area (Å²) in [6.07, 6.45) is -7.64. The Morgan fingerprint density at radius 1 is 1.31 bits per heavy atom. The number of hydrogen-bond acceptors (Lipinski definition) is 3. The van der Waals surface area contributed by atoms with Crippen molar-refractivity contribution in [1.82, 2.24) is 0 Å². The van der Waals surface area contributed by atoms with Gasteiger partial charge in [0.25, 0.3) is 0 Å². The molecule has 0 amide bonds. The van der Waals surface area contributed by atoms with Crippen molar-refractivity contribution in [3.05, 3.63) is 0 Å². The van der Waals surface area contributed by atoms with Gasteiger partial charge in [0.15, 0.2) is 6.10 Å². The molecule has 1 atom stereocenters. The molecule has 0 radical (unpaired) electrons. The zero-order valence-electron chi connectivity index (χ0n) is 8.05. The summed E-state index contributed by atoms with van der Waals surface area (Å²) >= 11 is 0. The maximum absolute atomic E-state index is 12.3. The molecule has 4 nitrogen and oxygen atoms in total. The number of alkyl halides is 5. The lowest BCUT2D eigenvalue weighted by molar-refractivity contribution is -0.300. The molecule has 0 aromatic carbocycles. The van der Waals surface area contributed by atoms with E-state index >= 15 is 0 Å². The number of methoxy groups -OCH3 is 1. The smallest absolute Gasteiger partial charge is 0.455 e. The van der Waals surface area contributed by atoms with Crippen LogP contribution in [0.1, 0.15) is 0 Å². The summed E-state index contributed by atoms with van der Waals surface area (Å²) in [7, 11) is 1.06. The van der Waals surface area contributed by atoms with E-state index in [1.54, 1.807) is 0 Å². The highest BCUT2D eigenvalue weighted by Gasteiger charge is 2.58. The second-order valence-corrected chi connectivity index (χ2v) is 2.80. The van der Waals surface area contributed by atoms with Crippen LogP contribution in [0.5, 0.6) is 0 Å². The van der Waals surface area contributed by atoms with Crippen molar-refractivity contribution in [2.75, 3.05) is 20.3 Å². The number of ether oxygens (including phenoxy) is 2. The van der Waals surface area contributed by atoms with Gasteiger partial charge in [-0.25, -0.2) is 4.79 Å². The monoisotopic (exact) mass is 252 g/mol. The Bertz CT molecular complexity index is 239. The van der Waals surface area contributed by atoms with Crippen molar-refractivity contribution in [3.63, 3.8) is 0 Å². The van der Waals surface area contributed by atoms with E-state index < -0.39 is 37.4 Å². The third-order valence-corrected chi connectivity index (χ3v) is 1.47. The molecule has 0 aromatic rings. The van der Waals surface area contributed by atoms with Gasteiger partial charge in [0.1, 0.15) is 6.61 Å². The van der Waals surface area contributed by atoms with Crippen molar-refractivity contribution in [2.24, 2.45) is 0 Å². The lowest BCUT2D eigenvalue weighted by Gasteiger charge is -2.21. The van der Waals surface area contributed by atoms with Crippen molar-refractivity contribution in [3.8, 4) is 0 Å². The topological polar surface area (TPSA) is 55.8 Å². The lowest BCUT2D eigenvalue weighted by atomic mass is 10.3. The van der Waals surface area contributed by atoms with Gasteiger partial charge >= 0.3 is 18.1 Å². The first kappa shape index (κ1) is 15.0. The molecule has 0 heterocycles. The molecule has 1 N–H and O–H groups in total. The Hall–Kier alpha value is -0.960. The summed E-state index contributed by atoms with van der Waals surface area (Å²) in [6, 6.07) is 0. The minimum absolute atomic E-state index is 0.622. The van der Waals surface area contributed by atoms with E-state index in [0.29, 0.717) is 0 Å². The van der Waals surface area contributed by atoms with Crippen LogP contribution >= 0.6 is 0 Å². The number of rotatable bonds is 6. The predicted octanol–water partition coefficient (Wildman–Crippen LogP) is 1.30. The number of aliphatic carboxylic acids is 1. The van der Waals surface area contributed by atoms with Gasteiger partial charge in [-0.3, -0.25) is 0 Å². The molecule has 0 saturated carbocycles. The van der Waals surface area contributed by atoms with Gasteiger partial charge < -0.3 is 14.6 Å². The molecule has 0 saturated heterocycles. The number of halogens is 5. The maximum Gasteiger partial charge on any atom is 0.455 e. The van der Waals surface area contributed by atoms with Crippen LogP contribution in [0.2, 0.25) is 0 Å². The number of carbonyl (C=O) groups is 1. The molecular formula is C7H9F5O4. The Labute approximate surface area is 86.9 Å². The SMILES string of the molecule is COCC(OCC(F)(F)C(F)(F)F)C(=O)O. The minimum Gasteiger partial charge on any atom is -0.479 e. The highest BCUT2D eigenvalue weighted by atomic mass is 19.4. The van der Waals surface area contributed by atoms with Crippen molar-refractivity contribution >= 4 is 5.97 Å². The number of carboxylic acids is 1. The van der Waals surface area contributed by atoms with Gasteiger partial charge in [0.2, 0.25) is 0 Å². The first-order valence-corrected chi connectivity index (χ1v) is 3.89. The average Bonchev–Trinajstić information content (AvgIpc) is 2.09. The minimum atomic E-state index is -5.77. The van der Waals surface area contributed by atoms with Crippen LogP contribution in [0.25, 0.3) is 0 Å². The molecule has 96 valence electrons. The van der Waals surface area contributed by atoms with Crippen molar-refractivity contribution in [1.29, 1.82) is 0 Å². The Balaban J connectivity index is 4.36. The number of carboxylic acid groups (broad SMARTS) is 1. The molecule has 0 rings (SSSR count). The normalized spacial score (nSPS) is 14.9. The standard InChI is InChI=1S/C7H9F5O4/c1-15-2-4(5(13)14)16-3-6(8,9)7(10,11)12/h4H,2-3H2,1H3,(H,13,14). The molecule has 0 aromatic heterocycles. The van der Waals surface area contributed by atoms with Crippen LogP contribution in [0.3, 0.4) is 0 Å². The zero-order valence-corrected chi connectivity index (χ0v) is 8.05. The van der Waals surface area contributed by atoms with Gasteiger partial charge in [-0.2, -0.15) is 22.0 Å². The average molecular weight is 252 g/mol. The quantitative estimate of drug-likeness (QED) is 0.724. The third-order valence-electron chi connectivity index (χ3n) is 1.47. The summed E-state index contributed by atoms with van der Waals surface area (Å²) in [5.74, 6) is -6.77. The second-order valence-electron chi connectivity index (χ2n) is 2.80. The molecule has 0 fully saturated rings. The summed E-state index contributed by atoms with van der Waals surface area (Å²) in [5.41, 5.74) is 0. The fraction of sp³-hybridized carbons (Fsp3) is 0.857. The fourth-order valence-corrected chi connectivity index (χ4v) is 0.629. The molecule has 1 unspecified atom stereocenters. The summed E-state index contributed by atoms with van der Waals surface area (Å²) in [6.45, 7) is -2.68. The largest absolute Gasteiger partial charge is 0.479 e. The van der Waals surface area contributed by atoms with Gasteiger partial charge in [-0.1, -0.05) is 0 Å². The van der Waals surface area contributed by atoms with Gasteiger partial charge in [-0.05, 0) is 0 Å². The van der Waals surface area contributed by atoms with Crippen LogP contribution in [0.4, 0.5) is 22.0 Å². The third kappa shape index (κ3) is 4.27. The molecule has 0 bridgehead atoms. The molecular weight excluding hydrogens is 243 g/mol. The Morgan fingerprint density at radius 3 is 2.12 bits per heavy atom. The van der Waals surface area contributed by atoms with Gasteiger partial charge in [0.05, 0.1) is 6.61 Å². The van der Waals surface area contributed by atoms with E-state index in [0.717, 1.165) is 7.11 Å². The van der Waals surface area contributed by atoms with Gasteiger partial charge in [-0.15, -0.1) is 0 Å². The van der Waals surface area contributed by atoms with Crippen LogP contribution in [-0.4, -0.2) is 49.6 Å². The predicted molar refractivity (Wildman–Crippen MR) is 40.3 cm³/mol. The molecule has 16 heavy (non-hydrogen) atoms. The van der Waals surface area contributed by atoms with E-state index in [-0.39, 0.29) is 0 Å². The van der Waals surface area contributed by atoms with Crippen molar-refractivity contribution < 1.29 is 41.3 Å². The van der Waals surface area contributed by atoms with Crippen LogP contribution < -0.4 is 0 Å². The van der Waals surface area contributed by atoms with E-state index in [9.17, 15) is 26.7 Å². The second kappa shape index (κ2) is 5.39. The van der Waals surface area contributed by atoms with Crippen molar-refractivity contribution in [2.45, 2.75) is 18.2 Å². The Kier molecular flexibility index (Phi) is 5.07.